The van der Waals surface area contributed by atoms with Crippen LogP contribution in [0.2, 0.25) is 0 Å². The summed E-state index contributed by atoms with van der Waals surface area (Å²) >= 11 is 0. The molecule has 4 heterocycles. The number of carboxylic acid groups (broad SMARTS) is 1. The van der Waals surface area contributed by atoms with E-state index in [2.05, 4.69) is 26.9 Å². The number of pyridine rings is 1. The van der Waals surface area contributed by atoms with Gasteiger partial charge in [0.2, 0.25) is 5.91 Å². The van der Waals surface area contributed by atoms with Crippen LogP contribution in [0.4, 0.5) is 11.5 Å². The summed E-state index contributed by atoms with van der Waals surface area (Å²) in [6, 6.07) is 8.66. The first kappa shape index (κ1) is 23.6. The Bertz CT molecular complexity index is 1330. The zero-order valence-corrected chi connectivity index (χ0v) is 19.8. The molecule has 180 valence electrons. The van der Waals surface area contributed by atoms with Crippen molar-refractivity contribution in [2.75, 3.05) is 49.6 Å². The Morgan fingerprint density at radius 3 is 2.47 bits per heavy atom. The number of nitrogens with zero attached hydrogens (tertiary/aromatic N) is 6. The normalized spacial score (nSPS) is 16.2. The van der Waals surface area contributed by atoms with E-state index in [0.29, 0.717) is 24.0 Å². The fourth-order valence-corrected chi connectivity index (χ4v) is 5.50. The Balaban J connectivity index is 0.000000868. The second kappa shape index (κ2) is 9.39. The molecule has 0 aliphatic carbocycles. The van der Waals surface area contributed by atoms with Crippen LogP contribution in [0.15, 0.2) is 41.4 Å². The molecular formula is C22H26N6O5S. The van der Waals surface area contributed by atoms with Gasteiger partial charge in [-0.25, -0.2) is 4.98 Å². The zero-order valence-electron chi connectivity index (χ0n) is 19.0. The van der Waals surface area contributed by atoms with Gasteiger partial charge in [-0.15, -0.1) is 4.09 Å². The minimum absolute atomic E-state index is 0.0481. The SMILES string of the molecule is CC(=O)N1CCc2cc(S(=O)(=O)n3ncc4ccc(N5CCN(C)CC5)nc43)ccc21.O=CO. The zero-order chi connectivity index (χ0) is 24.5. The van der Waals surface area contributed by atoms with Crippen LogP contribution in [0.5, 0.6) is 0 Å². The highest BCUT2D eigenvalue weighted by Crippen LogP contribution is 2.31. The van der Waals surface area contributed by atoms with Crippen molar-refractivity contribution in [3.63, 3.8) is 0 Å². The molecule has 0 spiro atoms. The van der Waals surface area contributed by atoms with Crippen molar-refractivity contribution in [3.05, 3.63) is 42.1 Å². The molecule has 0 bridgehead atoms. The lowest BCUT2D eigenvalue weighted by Gasteiger charge is -2.33. The minimum atomic E-state index is -3.92. The van der Waals surface area contributed by atoms with E-state index in [1.165, 1.54) is 19.2 Å². The summed E-state index contributed by atoms with van der Waals surface area (Å²) in [6.07, 6.45) is 2.16. The number of likely N-dealkylation sites (N-methyl/N-ethyl adjacent to an activating group) is 1. The lowest BCUT2D eigenvalue weighted by molar-refractivity contribution is -0.123. The molecule has 0 unspecified atom stereocenters. The largest absolute Gasteiger partial charge is 0.483 e. The van der Waals surface area contributed by atoms with Gasteiger partial charge in [0.25, 0.3) is 16.5 Å². The molecule has 1 saturated heterocycles. The van der Waals surface area contributed by atoms with Crippen LogP contribution in [0, 0.1) is 0 Å². The molecule has 1 aromatic carbocycles. The highest BCUT2D eigenvalue weighted by molar-refractivity contribution is 7.90. The number of carbonyl (C=O) groups is 2. The van der Waals surface area contributed by atoms with Gasteiger partial charge in [-0.2, -0.15) is 13.5 Å². The van der Waals surface area contributed by atoms with E-state index in [9.17, 15) is 13.2 Å². The maximum absolute atomic E-state index is 13.4. The quantitative estimate of drug-likeness (QED) is 0.540. The Kier molecular flexibility index (Phi) is 6.53. The summed E-state index contributed by atoms with van der Waals surface area (Å²) in [6.45, 7) is 5.38. The van der Waals surface area contributed by atoms with Gasteiger partial charge in [0.15, 0.2) is 5.65 Å². The number of anilines is 2. The smallest absolute Gasteiger partial charge is 0.290 e. The Morgan fingerprint density at radius 1 is 1.09 bits per heavy atom. The number of hydrogen-bond acceptors (Lipinski definition) is 8. The van der Waals surface area contributed by atoms with E-state index < -0.39 is 10.0 Å². The van der Waals surface area contributed by atoms with E-state index in [-0.39, 0.29) is 17.3 Å². The van der Waals surface area contributed by atoms with Crippen LogP contribution in [0.1, 0.15) is 12.5 Å². The lowest BCUT2D eigenvalue weighted by Crippen LogP contribution is -2.44. The van der Waals surface area contributed by atoms with Crippen molar-refractivity contribution >= 4 is 44.9 Å². The molecule has 3 aromatic rings. The molecule has 1 N–H and O–H groups in total. The molecule has 2 aliphatic rings. The molecule has 34 heavy (non-hydrogen) atoms. The van der Waals surface area contributed by atoms with Crippen LogP contribution in [-0.4, -0.2) is 84.7 Å². The number of aromatic nitrogens is 3. The number of carbonyl (C=O) groups excluding carboxylic acids is 1. The van der Waals surface area contributed by atoms with Gasteiger partial charge in [-0.1, -0.05) is 0 Å². The molecule has 5 rings (SSSR count). The van der Waals surface area contributed by atoms with E-state index in [1.807, 2.05) is 12.1 Å². The highest BCUT2D eigenvalue weighted by Gasteiger charge is 2.27. The van der Waals surface area contributed by atoms with Crippen molar-refractivity contribution in [1.82, 2.24) is 19.1 Å². The monoisotopic (exact) mass is 486 g/mol. The summed E-state index contributed by atoms with van der Waals surface area (Å²) in [5, 5.41) is 11.7. The molecule has 0 saturated carbocycles. The summed E-state index contributed by atoms with van der Waals surface area (Å²) in [7, 11) is -1.84. The van der Waals surface area contributed by atoms with E-state index in [4.69, 9.17) is 9.90 Å². The van der Waals surface area contributed by atoms with E-state index in [0.717, 1.165) is 47.3 Å². The molecule has 1 fully saturated rings. The third kappa shape index (κ3) is 4.33. The van der Waals surface area contributed by atoms with Crippen molar-refractivity contribution < 1.29 is 23.1 Å². The van der Waals surface area contributed by atoms with E-state index in [1.54, 1.807) is 17.0 Å². The molecule has 2 aliphatic heterocycles. The van der Waals surface area contributed by atoms with Gasteiger partial charge in [-0.3, -0.25) is 9.59 Å². The van der Waals surface area contributed by atoms with Crippen LogP contribution >= 0.6 is 0 Å². The first-order valence-corrected chi connectivity index (χ1v) is 12.2. The second-order valence-corrected chi connectivity index (χ2v) is 9.95. The number of amides is 1. The van der Waals surface area contributed by atoms with Crippen molar-refractivity contribution in [2.45, 2.75) is 18.2 Å². The molecule has 0 radical (unpaired) electrons. The van der Waals surface area contributed by atoms with Gasteiger partial charge < -0.3 is 19.8 Å². The molecular weight excluding hydrogens is 460 g/mol. The van der Waals surface area contributed by atoms with Gasteiger partial charge in [-0.05, 0) is 49.4 Å². The van der Waals surface area contributed by atoms with Crippen molar-refractivity contribution in [3.8, 4) is 0 Å². The summed E-state index contributed by atoms with van der Waals surface area (Å²) in [4.78, 5) is 31.0. The summed E-state index contributed by atoms with van der Waals surface area (Å²) in [5.41, 5.74) is 1.94. The standard InChI is InChI=1S/C21H24N6O3S.CH2O2/c1-15(28)26-8-7-16-13-18(4-5-19(16)26)31(29,30)27-21-17(14-22-27)3-6-20(23-21)25-11-9-24(2)10-12-25;2-1-3/h3-6,13-14H,7-12H2,1-2H3;1H,(H,2,3). The first-order chi connectivity index (χ1) is 16.3. The third-order valence-electron chi connectivity index (χ3n) is 6.05. The maximum Gasteiger partial charge on any atom is 0.290 e. The van der Waals surface area contributed by atoms with Gasteiger partial charge in [0.05, 0.1) is 11.1 Å². The Labute approximate surface area is 197 Å². The second-order valence-electron chi connectivity index (χ2n) is 8.18. The first-order valence-electron chi connectivity index (χ1n) is 10.8. The number of benzene rings is 1. The van der Waals surface area contributed by atoms with Gasteiger partial charge in [0.1, 0.15) is 5.82 Å². The Hall–Kier alpha value is -3.51. The molecule has 11 nitrogen and oxygen atoms in total. The van der Waals surface area contributed by atoms with E-state index >= 15 is 0 Å². The fraction of sp³-hybridized carbons (Fsp3) is 0.364. The average Bonchev–Trinajstić information content (AvgIpc) is 3.44. The van der Waals surface area contributed by atoms with Gasteiger partial charge >= 0.3 is 0 Å². The summed E-state index contributed by atoms with van der Waals surface area (Å²) in [5.74, 6) is 0.705. The van der Waals surface area contributed by atoms with Crippen molar-refractivity contribution in [1.29, 1.82) is 0 Å². The minimum Gasteiger partial charge on any atom is -0.483 e. The Morgan fingerprint density at radius 2 is 1.79 bits per heavy atom. The molecule has 12 heteroatoms. The van der Waals surface area contributed by atoms with Crippen LogP contribution in [0.25, 0.3) is 11.0 Å². The van der Waals surface area contributed by atoms with Crippen molar-refractivity contribution in [2.24, 2.45) is 0 Å². The number of piperazine rings is 1. The number of hydrogen-bond donors (Lipinski definition) is 1. The topological polar surface area (TPSA) is 129 Å². The van der Waals surface area contributed by atoms with Crippen LogP contribution < -0.4 is 9.80 Å². The maximum atomic E-state index is 13.4. The molecule has 0 atom stereocenters. The van der Waals surface area contributed by atoms with Crippen LogP contribution in [-0.2, 0) is 26.0 Å². The molecule has 2 aromatic heterocycles. The summed E-state index contributed by atoms with van der Waals surface area (Å²) < 4.78 is 27.8. The lowest BCUT2D eigenvalue weighted by atomic mass is 10.2. The third-order valence-corrected chi connectivity index (χ3v) is 7.63. The number of rotatable bonds is 3. The number of fused-ring (bicyclic) bond motifs is 2. The van der Waals surface area contributed by atoms with Crippen LogP contribution in [0.3, 0.4) is 0 Å². The van der Waals surface area contributed by atoms with Gasteiger partial charge in [0, 0.05) is 50.7 Å². The predicted molar refractivity (Wildman–Crippen MR) is 127 cm³/mol. The average molecular weight is 487 g/mol. The molecule has 1 amide bonds. The predicted octanol–water partition coefficient (Wildman–Crippen LogP) is 1.03. The fourth-order valence-electron chi connectivity index (χ4n) is 4.23. The highest BCUT2D eigenvalue weighted by atomic mass is 32.2.